The van der Waals surface area contributed by atoms with Crippen LogP contribution in [0.15, 0.2) is 36.9 Å². The molecule has 0 bridgehead atoms. The molecule has 0 unspecified atom stereocenters. The summed E-state index contributed by atoms with van der Waals surface area (Å²) in [6.07, 6.45) is 1.82. The van der Waals surface area contributed by atoms with Crippen molar-refractivity contribution in [2.45, 2.75) is 0 Å². The first-order valence-electron chi connectivity index (χ1n) is 4.53. The number of nitrogens with one attached hydrogen (secondary N) is 1. The van der Waals surface area contributed by atoms with Crippen molar-refractivity contribution in [2.75, 3.05) is 19.7 Å². The zero-order valence-corrected chi connectivity index (χ0v) is 8.76. The molecule has 0 aliphatic carbocycles. The fourth-order valence-electron chi connectivity index (χ4n) is 1.00. The molecule has 0 saturated carbocycles. The second-order valence-electron chi connectivity index (χ2n) is 2.80. The topological polar surface area (TPSA) is 21.3 Å². The number of hydrogen-bond donors (Lipinski definition) is 1. The van der Waals surface area contributed by atoms with E-state index in [0.29, 0.717) is 11.6 Å². The largest absolute Gasteiger partial charge is 0.492 e. The highest BCUT2D eigenvalue weighted by Gasteiger charge is 1.93. The predicted octanol–water partition coefficient (Wildman–Crippen LogP) is 2.49. The van der Waals surface area contributed by atoms with Crippen LogP contribution in [0.2, 0.25) is 5.02 Å². The molecule has 2 nitrogen and oxygen atoms in total. The van der Waals surface area contributed by atoms with E-state index in [1.165, 1.54) is 0 Å². The molecule has 1 aromatic rings. The fourth-order valence-corrected chi connectivity index (χ4v) is 1.18. The molecule has 14 heavy (non-hydrogen) atoms. The monoisotopic (exact) mass is 211 g/mol. The molecule has 0 atom stereocenters. The molecule has 0 amide bonds. The van der Waals surface area contributed by atoms with E-state index in [1.54, 1.807) is 6.07 Å². The van der Waals surface area contributed by atoms with Gasteiger partial charge in [-0.25, -0.2) is 0 Å². The van der Waals surface area contributed by atoms with Gasteiger partial charge in [-0.05, 0) is 18.2 Å². The van der Waals surface area contributed by atoms with Gasteiger partial charge in [-0.2, -0.15) is 0 Å². The maximum absolute atomic E-state index is 5.80. The number of ether oxygens (including phenoxy) is 1. The Labute approximate surface area is 89.5 Å². The average molecular weight is 212 g/mol. The van der Waals surface area contributed by atoms with Crippen LogP contribution < -0.4 is 10.1 Å². The lowest BCUT2D eigenvalue weighted by Gasteiger charge is -2.06. The van der Waals surface area contributed by atoms with E-state index in [4.69, 9.17) is 16.3 Å². The van der Waals surface area contributed by atoms with Gasteiger partial charge in [0.05, 0.1) is 0 Å². The van der Waals surface area contributed by atoms with Crippen molar-refractivity contribution in [3.8, 4) is 5.75 Å². The van der Waals surface area contributed by atoms with Crippen LogP contribution in [0.1, 0.15) is 0 Å². The third-order valence-corrected chi connectivity index (χ3v) is 1.87. The van der Waals surface area contributed by atoms with Gasteiger partial charge in [0, 0.05) is 18.1 Å². The van der Waals surface area contributed by atoms with Gasteiger partial charge in [-0.15, -0.1) is 6.58 Å². The smallest absolute Gasteiger partial charge is 0.120 e. The van der Waals surface area contributed by atoms with Gasteiger partial charge in [0.1, 0.15) is 12.4 Å². The van der Waals surface area contributed by atoms with Gasteiger partial charge in [-0.3, -0.25) is 0 Å². The second-order valence-corrected chi connectivity index (χ2v) is 3.24. The Balaban J connectivity index is 2.21. The zero-order chi connectivity index (χ0) is 10.2. The number of rotatable bonds is 6. The minimum absolute atomic E-state index is 0.633. The predicted molar refractivity (Wildman–Crippen MR) is 60.0 cm³/mol. The second kappa shape index (κ2) is 6.46. The van der Waals surface area contributed by atoms with Gasteiger partial charge in [-0.1, -0.05) is 23.7 Å². The Hall–Kier alpha value is -0.990. The van der Waals surface area contributed by atoms with Crippen molar-refractivity contribution in [1.29, 1.82) is 0 Å². The normalized spacial score (nSPS) is 9.79. The van der Waals surface area contributed by atoms with E-state index < -0.39 is 0 Å². The summed E-state index contributed by atoms with van der Waals surface area (Å²) in [5, 5.41) is 3.84. The maximum atomic E-state index is 5.80. The van der Waals surface area contributed by atoms with Crippen LogP contribution in [0.25, 0.3) is 0 Å². The van der Waals surface area contributed by atoms with Crippen molar-refractivity contribution in [2.24, 2.45) is 0 Å². The molecule has 1 aromatic carbocycles. The van der Waals surface area contributed by atoms with Gasteiger partial charge in [0.25, 0.3) is 0 Å². The minimum atomic E-state index is 0.633. The van der Waals surface area contributed by atoms with Gasteiger partial charge >= 0.3 is 0 Å². The first-order valence-corrected chi connectivity index (χ1v) is 4.90. The lowest BCUT2D eigenvalue weighted by molar-refractivity contribution is 0.316. The van der Waals surface area contributed by atoms with Gasteiger partial charge in [0.2, 0.25) is 0 Å². The van der Waals surface area contributed by atoms with Crippen molar-refractivity contribution < 1.29 is 4.74 Å². The van der Waals surface area contributed by atoms with Crippen molar-refractivity contribution >= 4 is 11.6 Å². The molecule has 0 aliphatic rings. The van der Waals surface area contributed by atoms with Crippen LogP contribution in [0.3, 0.4) is 0 Å². The van der Waals surface area contributed by atoms with Crippen molar-refractivity contribution in [3.05, 3.63) is 41.9 Å². The third kappa shape index (κ3) is 4.30. The highest BCUT2D eigenvalue weighted by Crippen LogP contribution is 2.16. The molecule has 0 saturated heterocycles. The molecule has 0 aromatic heterocycles. The summed E-state index contributed by atoms with van der Waals surface area (Å²) < 4.78 is 5.45. The standard InChI is InChI=1S/C11H14ClNO/c1-2-6-13-7-8-14-11-5-3-4-10(12)9-11/h2-5,9,13H,1,6-8H2. The Morgan fingerprint density at radius 1 is 1.50 bits per heavy atom. The van der Waals surface area contributed by atoms with Gasteiger partial charge in [0.15, 0.2) is 0 Å². The SMILES string of the molecule is C=CCNCCOc1cccc(Cl)c1. The molecule has 1 rings (SSSR count). The molecule has 0 radical (unpaired) electrons. The average Bonchev–Trinajstić information content (AvgIpc) is 2.18. The van der Waals surface area contributed by atoms with E-state index in [-0.39, 0.29) is 0 Å². The lowest BCUT2D eigenvalue weighted by atomic mass is 10.3. The number of hydrogen-bond acceptors (Lipinski definition) is 2. The Kier molecular flexibility index (Phi) is 5.12. The highest BCUT2D eigenvalue weighted by molar-refractivity contribution is 6.30. The van der Waals surface area contributed by atoms with Crippen molar-refractivity contribution in [1.82, 2.24) is 5.32 Å². The molecule has 76 valence electrons. The molecular weight excluding hydrogens is 198 g/mol. The van der Waals surface area contributed by atoms with Crippen LogP contribution in [-0.2, 0) is 0 Å². The molecule has 0 spiro atoms. The summed E-state index contributed by atoms with van der Waals surface area (Å²) in [6.45, 7) is 5.85. The van der Waals surface area contributed by atoms with Gasteiger partial charge < -0.3 is 10.1 Å². The van der Waals surface area contributed by atoms with Crippen molar-refractivity contribution in [3.63, 3.8) is 0 Å². The lowest BCUT2D eigenvalue weighted by Crippen LogP contribution is -2.20. The maximum Gasteiger partial charge on any atom is 0.120 e. The number of halogens is 1. The molecule has 0 fully saturated rings. The third-order valence-electron chi connectivity index (χ3n) is 1.63. The molecule has 1 N–H and O–H groups in total. The highest BCUT2D eigenvalue weighted by atomic mass is 35.5. The van der Waals surface area contributed by atoms with E-state index in [2.05, 4.69) is 11.9 Å². The molecular formula is C11H14ClNO. The Morgan fingerprint density at radius 2 is 2.36 bits per heavy atom. The number of benzene rings is 1. The van der Waals surface area contributed by atoms with E-state index in [9.17, 15) is 0 Å². The Bertz CT molecular complexity index is 288. The molecule has 3 heteroatoms. The van der Waals surface area contributed by atoms with Crippen LogP contribution >= 0.6 is 11.6 Å². The zero-order valence-electron chi connectivity index (χ0n) is 8.00. The fraction of sp³-hybridized carbons (Fsp3) is 0.273. The Morgan fingerprint density at radius 3 is 3.07 bits per heavy atom. The molecule has 0 heterocycles. The first-order chi connectivity index (χ1) is 6.83. The summed E-state index contributed by atoms with van der Waals surface area (Å²) in [6, 6.07) is 7.38. The first kappa shape index (κ1) is 11.1. The summed E-state index contributed by atoms with van der Waals surface area (Å²) in [5.74, 6) is 0.804. The summed E-state index contributed by atoms with van der Waals surface area (Å²) in [7, 11) is 0. The van der Waals surface area contributed by atoms with Crippen LogP contribution in [0.5, 0.6) is 5.75 Å². The van der Waals surface area contributed by atoms with Crippen LogP contribution in [-0.4, -0.2) is 19.7 Å². The van der Waals surface area contributed by atoms with E-state index in [1.807, 2.05) is 24.3 Å². The molecule has 0 aliphatic heterocycles. The van der Waals surface area contributed by atoms with Crippen LogP contribution in [0, 0.1) is 0 Å². The minimum Gasteiger partial charge on any atom is -0.492 e. The van der Waals surface area contributed by atoms with E-state index in [0.717, 1.165) is 18.8 Å². The van der Waals surface area contributed by atoms with Crippen LogP contribution in [0.4, 0.5) is 0 Å². The summed E-state index contributed by atoms with van der Waals surface area (Å²) in [5.41, 5.74) is 0. The van der Waals surface area contributed by atoms with E-state index >= 15 is 0 Å². The summed E-state index contributed by atoms with van der Waals surface area (Å²) >= 11 is 5.80. The summed E-state index contributed by atoms with van der Waals surface area (Å²) in [4.78, 5) is 0. The quantitative estimate of drug-likeness (QED) is 0.577.